The minimum Gasteiger partial charge on any atom is -0.494 e. The smallest absolute Gasteiger partial charge is 0.265 e. The number of pyridine rings is 1. The van der Waals surface area contributed by atoms with E-state index >= 15 is 0 Å². The first-order chi connectivity index (χ1) is 15.2. The van der Waals surface area contributed by atoms with Crippen molar-refractivity contribution in [1.82, 2.24) is 14.3 Å². The number of amides is 1. The lowest BCUT2D eigenvalue weighted by Crippen LogP contribution is -2.30. The van der Waals surface area contributed by atoms with E-state index in [2.05, 4.69) is 10.5 Å². The Morgan fingerprint density at radius 2 is 1.78 bits per heavy atom. The summed E-state index contributed by atoms with van der Waals surface area (Å²) in [6.07, 6.45) is 1.24. The number of hydrogen-bond donors (Lipinski definition) is 2. The van der Waals surface area contributed by atoms with Crippen molar-refractivity contribution in [2.75, 3.05) is 13.1 Å². The van der Waals surface area contributed by atoms with Gasteiger partial charge in [-0.3, -0.25) is 9.59 Å². The van der Waals surface area contributed by atoms with E-state index in [1.54, 1.807) is 38.1 Å². The molecule has 2 N–H and O–H groups in total. The Kier molecular flexibility index (Phi) is 6.75. The van der Waals surface area contributed by atoms with E-state index in [0.29, 0.717) is 23.9 Å². The van der Waals surface area contributed by atoms with E-state index < -0.39 is 27.4 Å². The van der Waals surface area contributed by atoms with Crippen LogP contribution in [-0.2, 0) is 14.8 Å². The topological polar surface area (TPSA) is 121 Å². The van der Waals surface area contributed by atoms with Crippen LogP contribution in [-0.4, -0.2) is 47.6 Å². The van der Waals surface area contributed by atoms with Crippen molar-refractivity contribution < 1.29 is 18.3 Å². The standard InChI is InChI=1S/C22H24N4O5S/c1-4-25(5-2)32(30,31)17-10-8-9-16(13-17)26-21(28)19-12-7-6-11-18(19)20(22(26)29)14-23-24-15(3)27/h6-14,29H,4-5H2,1-3H3,(H,24,27)/b23-14+. The third kappa shape index (κ3) is 4.27. The van der Waals surface area contributed by atoms with E-state index in [1.165, 1.54) is 41.7 Å². The molecule has 2 aromatic carbocycles. The van der Waals surface area contributed by atoms with Crippen LogP contribution in [0.4, 0.5) is 0 Å². The Hall–Kier alpha value is -3.50. The monoisotopic (exact) mass is 456 g/mol. The molecule has 10 heteroatoms. The summed E-state index contributed by atoms with van der Waals surface area (Å²) in [5.41, 5.74) is 2.12. The molecule has 3 rings (SSSR count). The Balaban J connectivity index is 2.28. The number of nitrogens with zero attached hydrogens (tertiary/aromatic N) is 3. The highest BCUT2D eigenvalue weighted by atomic mass is 32.2. The lowest BCUT2D eigenvalue weighted by atomic mass is 10.1. The first-order valence-corrected chi connectivity index (χ1v) is 11.4. The summed E-state index contributed by atoms with van der Waals surface area (Å²) in [7, 11) is -3.77. The SMILES string of the molecule is CCN(CC)S(=O)(=O)c1cccc(-n2c(O)c(/C=N/NC(C)=O)c3ccccc3c2=O)c1. The number of aromatic nitrogens is 1. The van der Waals surface area contributed by atoms with Gasteiger partial charge in [0.25, 0.3) is 5.56 Å². The molecular weight excluding hydrogens is 432 g/mol. The molecule has 3 aromatic rings. The maximum atomic E-state index is 13.2. The number of rotatable bonds is 7. The molecule has 9 nitrogen and oxygen atoms in total. The van der Waals surface area contributed by atoms with E-state index in [1.807, 2.05) is 0 Å². The molecule has 1 amide bonds. The predicted molar refractivity (Wildman–Crippen MR) is 123 cm³/mol. The van der Waals surface area contributed by atoms with Gasteiger partial charge < -0.3 is 5.11 Å². The number of hydrogen-bond acceptors (Lipinski definition) is 6. The van der Waals surface area contributed by atoms with Crippen LogP contribution in [0.5, 0.6) is 5.88 Å². The zero-order valence-electron chi connectivity index (χ0n) is 17.9. The predicted octanol–water partition coefficient (Wildman–Crippen LogP) is 2.20. The average Bonchev–Trinajstić information content (AvgIpc) is 2.77. The molecule has 168 valence electrons. The number of fused-ring (bicyclic) bond motifs is 1. The lowest BCUT2D eigenvalue weighted by Gasteiger charge is -2.19. The van der Waals surface area contributed by atoms with Gasteiger partial charge in [-0.05, 0) is 24.3 Å². The van der Waals surface area contributed by atoms with Gasteiger partial charge in [-0.2, -0.15) is 9.41 Å². The first-order valence-electron chi connectivity index (χ1n) is 9.99. The van der Waals surface area contributed by atoms with Crippen LogP contribution in [0, 0.1) is 0 Å². The van der Waals surface area contributed by atoms with Crippen molar-refractivity contribution in [2.24, 2.45) is 5.10 Å². The number of benzene rings is 2. The van der Waals surface area contributed by atoms with Crippen LogP contribution in [0.2, 0.25) is 0 Å². The van der Waals surface area contributed by atoms with Gasteiger partial charge in [0.15, 0.2) is 0 Å². The van der Waals surface area contributed by atoms with Gasteiger partial charge in [-0.15, -0.1) is 0 Å². The molecule has 0 saturated carbocycles. The highest BCUT2D eigenvalue weighted by Gasteiger charge is 2.23. The number of aromatic hydroxyl groups is 1. The van der Waals surface area contributed by atoms with Gasteiger partial charge in [0, 0.05) is 30.8 Å². The van der Waals surface area contributed by atoms with Crippen molar-refractivity contribution in [2.45, 2.75) is 25.7 Å². The number of nitrogens with one attached hydrogen (secondary N) is 1. The molecule has 0 saturated heterocycles. The summed E-state index contributed by atoms with van der Waals surface area (Å²) in [5, 5.41) is 15.5. The summed E-state index contributed by atoms with van der Waals surface area (Å²) in [6.45, 7) is 5.37. The van der Waals surface area contributed by atoms with E-state index in [0.717, 1.165) is 4.57 Å². The normalized spacial score (nSPS) is 12.0. The van der Waals surface area contributed by atoms with Crippen LogP contribution in [0.15, 0.2) is 63.3 Å². The van der Waals surface area contributed by atoms with Crippen molar-refractivity contribution in [3.8, 4) is 11.6 Å². The Morgan fingerprint density at radius 1 is 1.12 bits per heavy atom. The van der Waals surface area contributed by atoms with Crippen LogP contribution in [0.1, 0.15) is 26.3 Å². The highest BCUT2D eigenvalue weighted by molar-refractivity contribution is 7.89. The summed E-state index contributed by atoms with van der Waals surface area (Å²) in [4.78, 5) is 24.4. The van der Waals surface area contributed by atoms with Gasteiger partial charge in [0.05, 0.1) is 22.4 Å². The molecule has 0 aliphatic carbocycles. The van der Waals surface area contributed by atoms with Crippen molar-refractivity contribution >= 4 is 32.9 Å². The first kappa shape index (κ1) is 23.2. The Morgan fingerprint density at radius 3 is 2.41 bits per heavy atom. The fraction of sp³-hybridized carbons (Fsp3) is 0.227. The molecule has 1 aromatic heterocycles. The van der Waals surface area contributed by atoms with Gasteiger partial charge in [-0.25, -0.2) is 18.4 Å². The summed E-state index contributed by atoms with van der Waals surface area (Å²) >= 11 is 0. The molecule has 0 aliphatic rings. The Bertz CT molecular complexity index is 1360. The van der Waals surface area contributed by atoms with Crippen molar-refractivity contribution in [3.63, 3.8) is 0 Å². The second-order valence-corrected chi connectivity index (χ2v) is 8.87. The maximum absolute atomic E-state index is 13.2. The fourth-order valence-corrected chi connectivity index (χ4v) is 4.91. The van der Waals surface area contributed by atoms with Gasteiger partial charge in [0.1, 0.15) is 0 Å². The molecule has 1 heterocycles. The van der Waals surface area contributed by atoms with Crippen LogP contribution < -0.4 is 11.0 Å². The van der Waals surface area contributed by atoms with Gasteiger partial charge in [-0.1, -0.05) is 38.1 Å². The average molecular weight is 457 g/mol. The minimum atomic E-state index is -3.77. The van der Waals surface area contributed by atoms with Gasteiger partial charge >= 0.3 is 0 Å². The molecule has 32 heavy (non-hydrogen) atoms. The third-order valence-corrected chi connectivity index (χ3v) is 6.98. The molecule has 0 bridgehead atoms. The number of sulfonamides is 1. The number of carbonyl (C=O) groups is 1. The zero-order chi connectivity index (χ0) is 23.5. The van der Waals surface area contributed by atoms with Crippen LogP contribution in [0.25, 0.3) is 16.5 Å². The Labute approximate surface area is 185 Å². The summed E-state index contributed by atoms with van der Waals surface area (Å²) in [5.74, 6) is -0.826. The third-order valence-electron chi connectivity index (χ3n) is 4.94. The van der Waals surface area contributed by atoms with E-state index in [9.17, 15) is 23.1 Å². The molecule has 0 fully saturated rings. The molecule has 0 atom stereocenters. The number of hydrazone groups is 1. The largest absolute Gasteiger partial charge is 0.494 e. The van der Waals surface area contributed by atoms with Crippen molar-refractivity contribution in [3.05, 3.63) is 64.4 Å². The minimum absolute atomic E-state index is 0.00613. The molecule has 0 spiro atoms. The number of carbonyl (C=O) groups excluding carboxylic acids is 1. The maximum Gasteiger partial charge on any atom is 0.265 e. The van der Waals surface area contributed by atoms with Crippen LogP contribution in [0.3, 0.4) is 0 Å². The molecule has 0 aliphatic heterocycles. The van der Waals surface area contributed by atoms with E-state index in [4.69, 9.17) is 0 Å². The summed E-state index contributed by atoms with van der Waals surface area (Å²) < 4.78 is 28.2. The molecule has 0 unspecified atom stereocenters. The van der Waals surface area contributed by atoms with Gasteiger partial charge in [0.2, 0.25) is 21.8 Å². The quantitative estimate of drug-likeness (QED) is 0.417. The lowest BCUT2D eigenvalue weighted by molar-refractivity contribution is -0.118. The van der Waals surface area contributed by atoms with E-state index in [-0.39, 0.29) is 16.1 Å². The molecule has 0 radical (unpaired) electrons. The molecular formula is C22H24N4O5S. The second kappa shape index (κ2) is 9.33. The fourth-order valence-electron chi connectivity index (χ4n) is 3.41. The second-order valence-electron chi connectivity index (χ2n) is 6.94. The highest BCUT2D eigenvalue weighted by Crippen LogP contribution is 2.27. The van der Waals surface area contributed by atoms with Crippen molar-refractivity contribution in [1.29, 1.82) is 0 Å². The van der Waals surface area contributed by atoms with Crippen LogP contribution >= 0.6 is 0 Å². The zero-order valence-corrected chi connectivity index (χ0v) is 18.8. The summed E-state index contributed by atoms with van der Waals surface area (Å²) in [6, 6.07) is 12.5.